The van der Waals surface area contributed by atoms with Crippen LogP contribution < -0.4 is 9.47 Å². The van der Waals surface area contributed by atoms with Gasteiger partial charge in [-0.05, 0) is 34.7 Å². The smallest absolute Gasteiger partial charge is 0.327 e. The molecule has 76 valence electrons. The molecular weight excluding hydrogens is 301 g/mol. The van der Waals surface area contributed by atoms with Gasteiger partial charge in [-0.25, -0.2) is 0 Å². The predicted molar refractivity (Wildman–Crippen MR) is 58.9 cm³/mol. The zero-order valence-corrected chi connectivity index (χ0v) is 9.77. The van der Waals surface area contributed by atoms with Crippen molar-refractivity contribution in [3.8, 4) is 11.5 Å². The number of rotatable bonds is 3. The Kier molecular flexibility index (Phi) is 3.50. The van der Waals surface area contributed by atoms with Crippen molar-refractivity contribution in [2.45, 2.75) is 0 Å². The normalized spacial score (nSPS) is 9.64. The van der Waals surface area contributed by atoms with Gasteiger partial charge in [-0.3, -0.25) is 10.1 Å². The maximum absolute atomic E-state index is 10.7. The van der Waals surface area contributed by atoms with Crippen LogP contribution in [0.2, 0.25) is 0 Å². The largest absolute Gasteiger partial charge is 0.495 e. The summed E-state index contributed by atoms with van der Waals surface area (Å²) in [4.78, 5) is 10.3. The highest BCUT2D eigenvalue weighted by Crippen LogP contribution is 2.37. The van der Waals surface area contributed by atoms with Crippen molar-refractivity contribution in [2.24, 2.45) is 0 Å². The molecule has 0 spiro atoms. The van der Waals surface area contributed by atoms with E-state index in [1.807, 2.05) is 22.6 Å². The van der Waals surface area contributed by atoms with Crippen LogP contribution in [0.4, 0.5) is 5.69 Å². The summed E-state index contributed by atoms with van der Waals surface area (Å²) >= 11 is 1.86. The molecule has 14 heavy (non-hydrogen) atoms. The standard InChI is InChI=1S/C8H8INO4/c1-13-5-3-4-6(14-2)8(7(5)9)10(11)12/h3-4H,1-2H3. The molecule has 0 saturated carbocycles. The first-order valence-electron chi connectivity index (χ1n) is 3.66. The molecular formula is C8H8INO4. The summed E-state index contributed by atoms with van der Waals surface area (Å²) in [7, 11) is 2.86. The van der Waals surface area contributed by atoms with E-state index in [-0.39, 0.29) is 11.4 Å². The van der Waals surface area contributed by atoms with Gasteiger partial charge in [0.05, 0.1) is 19.1 Å². The molecule has 0 N–H and O–H groups in total. The molecule has 6 heteroatoms. The lowest BCUT2D eigenvalue weighted by molar-refractivity contribution is -0.386. The fourth-order valence-corrected chi connectivity index (χ4v) is 1.88. The van der Waals surface area contributed by atoms with E-state index in [1.165, 1.54) is 20.3 Å². The number of halogens is 1. The van der Waals surface area contributed by atoms with Crippen LogP contribution in [-0.4, -0.2) is 19.1 Å². The molecule has 0 amide bonds. The lowest BCUT2D eigenvalue weighted by atomic mass is 10.3. The molecule has 1 aromatic carbocycles. The highest BCUT2D eigenvalue weighted by molar-refractivity contribution is 14.1. The van der Waals surface area contributed by atoms with Crippen molar-refractivity contribution in [2.75, 3.05) is 14.2 Å². The van der Waals surface area contributed by atoms with Crippen LogP contribution in [0.1, 0.15) is 0 Å². The lowest BCUT2D eigenvalue weighted by Gasteiger charge is -2.06. The number of benzene rings is 1. The van der Waals surface area contributed by atoms with Gasteiger partial charge in [0.15, 0.2) is 5.75 Å². The van der Waals surface area contributed by atoms with Crippen LogP contribution in [0.15, 0.2) is 12.1 Å². The van der Waals surface area contributed by atoms with E-state index >= 15 is 0 Å². The Balaban J connectivity index is 3.39. The zero-order valence-electron chi connectivity index (χ0n) is 7.61. The minimum Gasteiger partial charge on any atom is -0.495 e. The van der Waals surface area contributed by atoms with Gasteiger partial charge in [0.25, 0.3) is 0 Å². The van der Waals surface area contributed by atoms with Crippen molar-refractivity contribution in [3.05, 3.63) is 25.8 Å². The Hall–Kier alpha value is -1.05. The number of methoxy groups -OCH3 is 2. The van der Waals surface area contributed by atoms with Crippen LogP contribution in [0.5, 0.6) is 11.5 Å². The van der Waals surface area contributed by atoms with Crippen LogP contribution in [0.25, 0.3) is 0 Å². The molecule has 0 saturated heterocycles. The summed E-state index contributed by atoms with van der Waals surface area (Å²) in [6.07, 6.45) is 0. The molecule has 0 aliphatic heterocycles. The van der Waals surface area contributed by atoms with Crippen LogP contribution in [-0.2, 0) is 0 Å². The SMILES string of the molecule is COc1ccc(OC)c([N+](=O)[O-])c1I. The molecule has 0 fully saturated rings. The number of nitro groups is 1. The second-order valence-corrected chi connectivity index (χ2v) is 3.47. The van der Waals surface area contributed by atoms with Crippen molar-refractivity contribution in [1.82, 2.24) is 0 Å². The first-order chi connectivity index (χ1) is 6.61. The topological polar surface area (TPSA) is 61.6 Å². The summed E-state index contributed by atoms with van der Waals surface area (Å²) in [6.45, 7) is 0. The van der Waals surface area contributed by atoms with Crippen molar-refractivity contribution in [3.63, 3.8) is 0 Å². The molecule has 0 heterocycles. The summed E-state index contributed by atoms with van der Waals surface area (Å²) in [5.74, 6) is 0.707. The average molecular weight is 309 g/mol. The van der Waals surface area contributed by atoms with Crippen LogP contribution >= 0.6 is 22.6 Å². The first-order valence-corrected chi connectivity index (χ1v) is 4.74. The van der Waals surface area contributed by atoms with Crippen molar-refractivity contribution >= 4 is 28.3 Å². The fraction of sp³-hybridized carbons (Fsp3) is 0.250. The monoisotopic (exact) mass is 309 g/mol. The highest BCUT2D eigenvalue weighted by Gasteiger charge is 2.22. The number of nitrogens with zero attached hydrogens (tertiary/aromatic N) is 1. The number of hydrogen-bond donors (Lipinski definition) is 0. The van der Waals surface area contributed by atoms with E-state index in [9.17, 15) is 10.1 Å². The first kappa shape index (κ1) is 11.0. The molecule has 0 aromatic heterocycles. The molecule has 0 bridgehead atoms. The number of nitro benzene ring substituents is 1. The van der Waals surface area contributed by atoms with E-state index in [4.69, 9.17) is 9.47 Å². The molecule has 1 aromatic rings. The predicted octanol–water partition coefficient (Wildman–Crippen LogP) is 2.22. The Morgan fingerprint density at radius 3 is 2.21 bits per heavy atom. The minimum absolute atomic E-state index is 0.0625. The van der Waals surface area contributed by atoms with E-state index in [2.05, 4.69) is 0 Å². The van der Waals surface area contributed by atoms with Crippen LogP contribution in [0, 0.1) is 13.7 Å². The maximum Gasteiger partial charge on any atom is 0.327 e. The minimum atomic E-state index is -0.483. The Morgan fingerprint density at radius 1 is 1.29 bits per heavy atom. The Bertz CT molecular complexity index is 367. The van der Waals surface area contributed by atoms with Crippen molar-refractivity contribution in [1.29, 1.82) is 0 Å². The van der Waals surface area contributed by atoms with E-state index in [0.29, 0.717) is 9.32 Å². The molecule has 0 radical (unpaired) electrons. The lowest BCUT2D eigenvalue weighted by Crippen LogP contribution is -1.98. The van der Waals surface area contributed by atoms with Gasteiger partial charge in [0, 0.05) is 0 Å². The Morgan fingerprint density at radius 2 is 1.79 bits per heavy atom. The number of ether oxygens (including phenoxy) is 2. The second-order valence-electron chi connectivity index (χ2n) is 2.39. The summed E-state index contributed by atoms with van der Waals surface area (Å²) in [6, 6.07) is 3.15. The summed E-state index contributed by atoms with van der Waals surface area (Å²) < 4.78 is 10.3. The zero-order chi connectivity index (χ0) is 10.7. The third kappa shape index (κ3) is 1.89. The summed E-state index contributed by atoms with van der Waals surface area (Å²) in [5, 5.41) is 10.7. The summed E-state index contributed by atoms with van der Waals surface area (Å²) in [5.41, 5.74) is -0.0625. The number of hydrogen-bond acceptors (Lipinski definition) is 4. The van der Waals surface area contributed by atoms with Gasteiger partial charge >= 0.3 is 5.69 Å². The fourth-order valence-electron chi connectivity index (χ4n) is 1.02. The van der Waals surface area contributed by atoms with Gasteiger partial charge in [-0.15, -0.1) is 0 Å². The molecule has 0 atom stereocenters. The molecule has 1 rings (SSSR count). The molecule has 0 aliphatic rings. The molecule has 5 nitrogen and oxygen atoms in total. The van der Waals surface area contributed by atoms with Gasteiger partial charge in [0.1, 0.15) is 9.32 Å². The quantitative estimate of drug-likeness (QED) is 0.488. The molecule has 0 aliphatic carbocycles. The van der Waals surface area contributed by atoms with Gasteiger partial charge < -0.3 is 9.47 Å². The third-order valence-corrected chi connectivity index (χ3v) is 2.71. The molecule has 0 unspecified atom stereocenters. The van der Waals surface area contributed by atoms with Crippen LogP contribution in [0.3, 0.4) is 0 Å². The van der Waals surface area contributed by atoms with E-state index in [0.717, 1.165) is 0 Å². The Labute approximate surface area is 94.3 Å². The second kappa shape index (κ2) is 4.45. The maximum atomic E-state index is 10.7. The average Bonchev–Trinajstić information content (AvgIpc) is 2.16. The van der Waals surface area contributed by atoms with E-state index < -0.39 is 4.92 Å². The van der Waals surface area contributed by atoms with Gasteiger partial charge in [-0.1, -0.05) is 0 Å². The van der Waals surface area contributed by atoms with Gasteiger partial charge in [-0.2, -0.15) is 0 Å². The highest BCUT2D eigenvalue weighted by atomic mass is 127. The van der Waals surface area contributed by atoms with Crippen molar-refractivity contribution < 1.29 is 14.4 Å². The van der Waals surface area contributed by atoms with Gasteiger partial charge in [0.2, 0.25) is 0 Å². The third-order valence-electron chi connectivity index (χ3n) is 1.67. The van der Waals surface area contributed by atoms with E-state index in [1.54, 1.807) is 6.07 Å².